The first kappa shape index (κ1) is 14.3. The Labute approximate surface area is 105 Å². The molecule has 0 bridgehead atoms. The molecule has 0 saturated carbocycles. The second-order valence-corrected chi connectivity index (χ2v) is 4.42. The number of rotatable bonds is 4. The molecule has 2 atom stereocenters. The predicted molar refractivity (Wildman–Crippen MR) is 63.6 cm³/mol. The lowest BCUT2D eigenvalue weighted by Gasteiger charge is -2.24. The largest absolute Gasteiger partial charge is 0.467 e. The fraction of sp³-hybridized carbons (Fsp3) is 0.800. The van der Waals surface area contributed by atoms with Crippen LogP contribution in [0.5, 0.6) is 0 Å². The summed E-state index contributed by atoms with van der Waals surface area (Å²) in [5.74, 6) is -0.649. The molecule has 1 saturated heterocycles. The van der Waals surface area contributed by atoms with Crippen molar-refractivity contribution in [1.29, 1.82) is 0 Å². The van der Waals surface area contributed by atoms with Crippen LogP contribution in [0.4, 0.5) is 0 Å². The number of likely N-dealkylation sites (N-methyl/N-ethyl adjacent to an activating group) is 1. The molecule has 0 spiro atoms. The van der Waals surface area contributed by atoms with E-state index < -0.39 is 12.0 Å². The minimum absolute atomic E-state index is 0.175. The van der Waals surface area contributed by atoms with Gasteiger partial charge in [-0.2, -0.15) is 0 Å². The summed E-state index contributed by atoms with van der Waals surface area (Å²) in [6.07, 6.45) is 0.315. The number of azide groups is 1. The summed E-state index contributed by atoms with van der Waals surface area (Å²) in [7, 11) is 4.82. The molecule has 1 heterocycles. The van der Waals surface area contributed by atoms with Crippen LogP contribution < -0.4 is 0 Å². The van der Waals surface area contributed by atoms with E-state index in [0.29, 0.717) is 6.42 Å². The summed E-state index contributed by atoms with van der Waals surface area (Å²) >= 11 is 0. The molecule has 1 aliphatic rings. The summed E-state index contributed by atoms with van der Waals surface area (Å²) in [6.45, 7) is 0.465. The second-order valence-electron chi connectivity index (χ2n) is 4.42. The van der Waals surface area contributed by atoms with Gasteiger partial charge in [0, 0.05) is 11.5 Å². The zero-order valence-corrected chi connectivity index (χ0v) is 10.7. The van der Waals surface area contributed by atoms with Gasteiger partial charge < -0.3 is 14.5 Å². The van der Waals surface area contributed by atoms with Gasteiger partial charge in [-0.25, -0.2) is 4.79 Å². The molecule has 1 fully saturated rings. The van der Waals surface area contributed by atoms with Crippen molar-refractivity contribution in [3.05, 3.63) is 10.4 Å². The third kappa shape index (κ3) is 3.35. The lowest BCUT2D eigenvalue weighted by Crippen LogP contribution is -2.44. The van der Waals surface area contributed by atoms with Crippen LogP contribution in [0, 0.1) is 0 Å². The van der Waals surface area contributed by atoms with Crippen molar-refractivity contribution in [2.75, 3.05) is 34.3 Å². The van der Waals surface area contributed by atoms with Crippen LogP contribution in [0.15, 0.2) is 5.11 Å². The number of carbonyl (C=O) groups excluding carboxylic acids is 2. The van der Waals surface area contributed by atoms with Gasteiger partial charge in [0.05, 0.1) is 19.7 Å². The first-order valence-electron chi connectivity index (χ1n) is 5.55. The first-order valence-corrected chi connectivity index (χ1v) is 5.55. The van der Waals surface area contributed by atoms with Crippen molar-refractivity contribution < 1.29 is 14.3 Å². The molecule has 0 N–H and O–H groups in total. The second kappa shape index (κ2) is 6.23. The molecular weight excluding hydrogens is 238 g/mol. The van der Waals surface area contributed by atoms with Crippen LogP contribution in [0.25, 0.3) is 10.4 Å². The molecular formula is C10H17N5O3. The molecule has 18 heavy (non-hydrogen) atoms. The SMILES string of the molecule is COC(=O)[C@@H]1CC(N=[N+]=[N-])CN1C(=O)CN(C)C. The van der Waals surface area contributed by atoms with E-state index in [1.54, 1.807) is 19.0 Å². The minimum atomic E-state index is -0.655. The molecule has 0 aromatic rings. The van der Waals surface area contributed by atoms with Crippen molar-refractivity contribution in [3.63, 3.8) is 0 Å². The number of esters is 1. The van der Waals surface area contributed by atoms with Crippen LogP contribution in [0.1, 0.15) is 6.42 Å². The Kier molecular flexibility index (Phi) is 4.94. The summed E-state index contributed by atoms with van der Waals surface area (Å²) in [5.41, 5.74) is 8.41. The van der Waals surface area contributed by atoms with Gasteiger partial charge >= 0.3 is 5.97 Å². The minimum Gasteiger partial charge on any atom is -0.467 e. The fourth-order valence-electron chi connectivity index (χ4n) is 1.97. The van der Waals surface area contributed by atoms with Crippen molar-refractivity contribution in [2.45, 2.75) is 18.5 Å². The number of nitrogens with zero attached hydrogens (tertiary/aromatic N) is 5. The zero-order valence-electron chi connectivity index (χ0n) is 10.7. The molecule has 0 radical (unpaired) electrons. The van der Waals surface area contributed by atoms with Crippen LogP contribution in [0.3, 0.4) is 0 Å². The molecule has 8 heteroatoms. The average Bonchev–Trinajstić information content (AvgIpc) is 2.71. The number of carbonyl (C=O) groups is 2. The molecule has 8 nitrogen and oxygen atoms in total. The van der Waals surface area contributed by atoms with Crippen LogP contribution >= 0.6 is 0 Å². The normalized spacial score (nSPS) is 22.8. The highest BCUT2D eigenvalue weighted by molar-refractivity contribution is 5.86. The Morgan fingerprint density at radius 2 is 2.22 bits per heavy atom. The molecule has 1 aliphatic heterocycles. The topological polar surface area (TPSA) is 98.6 Å². The van der Waals surface area contributed by atoms with E-state index in [-0.39, 0.29) is 25.0 Å². The molecule has 1 unspecified atom stereocenters. The fourth-order valence-corrected chi connectivity index (χ4v) is 1.97. The van der Waals surface area contributed by atoms with Crippen molar-refractivity contribution in [3.8, 4) is 0 Å². The number of hydrogen-bond donors (Lipinski definition) is 0. The number of methoxy groups -OCH3 is 1. The molecule has 1 rings (SSSR count). The Morgan fingerprint density at radius 1 is 1.56 bits per heavy atom. The van der Waals surface area contributed by atoms with Gasteiger partial charge in [-0.05, 0) is 26.0 Å². The Morgan fingerprint density at radius 3 is 2.72 bits per heavy atom. The molecule has 0 aromatic heterocycles. The van der Waals surface area contributed by atoms with Gasteiger partial charge in [-0.15, -0.1) is 0 Å². The molecule has 100 valence electrons. The van der Waals surface area contributed by atoms with Gasteiger partial charge in [-0.3, -0.25) is 4.79 Å². The van der Waals surface area contributed by atoms with E-state index in [1.165, 1.54) is 12.0 Å². The van der Waals surface area contributed by atoms with Crippen LogP contribution in [0.2, 0.25) is 0 Å². The Hall–Kier alpha value is -1.79. The van der Waals surface area contributed by atoms with E-state index >= 15 is 0 Å². The maximum absolute atomic E-state index is 12.0. The van der Waals surface area contributed by atoms with Gasteiger partial charge in [-0.1, -0.05) is 5.11 Å². The maximum Gasteiger partial charge on any atom is 0.328 e. The van der Waals surface area contributed by atoms with Crippen molar-refractivity contribution >= 4 is 11.9 Å². The Balaban J connectivity index is 2.81. The van der Waals surface area contributed by atoms with E-state index in [9.17, 15) is 9.59 Å². The summed E-state index contributed by atoms with van der Waals surface area (Å²) < 4.78 is 4.66. The number of amides is 1. The van der Waals surface area contributed by atoms with Crippen LogP contribution in [-0.2, 0) is 14.3 Å². The standard InChI is InChI=1S/C10H17N5O3/c1-14(2)6-9(16)15-5-7(12-13-11)4-8(15)10(17)18-3/h7-8H,4-6H2,1-3H3/t7?,8-/m0/s1. The van der Waals surface area contributed by atoms with E-state index in [1.807, 2.05) is 0 Å². The predicted octanol–water partition coefficient (Wildman–Crippen LogP) is 0.000800. The monoisotopic (exact) mass is 255 g/mol. The highest BCUT2D eigenvalue weighted by atomic mass is 16.5. The highest BCUT2D eigenvalue weighted by Gasteiger charge is 2.39. The number of likely N-dealkylation sites (tertiary alicyclic amines) is 1. The summed E-state index contributed by atoms with van der Waals surface area (Å²) in [4.78, 5) is 29.4. The van der Waals surface area contributed by atoms with Crippen molar-refractivity contribution in [1.82, 2.24) is 9.80 Å². The number of ether oxygens (including phenoxy) is 1. The van der Waals surface area contributed by atoms with E-state index in [4.69, 9.17) is 5.53 Å². The Bertz CT molecular complexity index is 378. The van der Waals surface area contributed by atoms with Gasteiger partial charge in [0.2, 0.25) is 5.91 Å². The van der Waals surface area contributed by atoms with Gasteiger partial charge in [0.1, 0.15) is 6.04 Å². The summed E-state index contributed by atoms with van der Waals surface area (Å²) in [6, 6.07) is -1.02. The average molecular weight is 255 g/mol. The quantitative estimate of drug-likeness (QED) is 0.305. The smallest absolute Gasteiger partial charge is 0.328 e. The highest BCUT2D eigenvalue weighted by Crippen LogP contribution is 2.21. The molecule has 0 aliphatic carbocycles. The van der Waals surface area contributed by atoms with Gasteiger partial charge in [0.15, 0.2) is 0 Å². The van der Waals surface area contributed by atoms with E-state index in [0.717, 1.165) is 0 Å². The van der Waals surface area contributed by atoms with Crippen molar-refractivity contribution in [2.24, 2.45) is 5.11 Å². The summed E-state index contributed by atoms with van der Waals surface area (Å²) in [5, 5.41) is 3.57. The van der Waals surface area contributed by atoms with E-state index in [2.05, 4.69) is 14.8 Å². The maximum atomic E-state index is 12.0. The lowest BCUT2D eigenvalue weighted by atomic mass is 10.2. The lowest BCUT2D eigenvalue weighted by molar-refractivity contribution is -0.151. The van der Waals surface area contributed by atoms with Crippen LogP contribution in [-0.4, -0.2) is 68.1 Å². The third-order valence-corrected chi connectivity index (χ3v) is 2.74. The van der Waals surface area contributed by atoms with Gasteiger partial charge in [0.25, 0.3) is 0 Å². The zero-order chi connectivity index (χ0) is 13.7. The third-order valence-electron chi connectivity index (χ3n) is 2.74. The number of hydrogen-bond acceptors (Lipinski definition) is 5. The molecule has 1 amide bonds. The molecule has 0 aromatic carbocycles. The first-order chi connectivity index (χ1) is 8.49.